The fraction of sp³-hybridized carbons (Fsp3) is 0.333. The van der Waals surface area contributed by atoms with Gasteiger partial charge in [-0.05, 0) is 62.3 Å². The number of nitrogens with zero attached hydrogens (tertiary/aromatic N) is 1. The number of benzene rings is 2. The van der Waals surface area contributed by atoms with Gasteiger partial charge in [0.15, 0.2) is 0 Å². The number of rotatable bonds is 2. The lowest BCUT2D eigenvalue weighted by Gasteiger charge is -2.19. The molecule has 0 bridgehead atoms. The largest absolute Gasteiger partial charge is 0.341 e. The van der Waals surface area contributed by atoms with E-state index in [1.807, 2.05) is 0 Å². The van der Waals surface area contributed by atoms with Gasteiger partial charge in [-0.1, -0.05) is 54.6 Å². The van der Waals surface area contributed by atoms with Crippen LogP contribution in [0.1, 0.15) is 61.9 Å². The molecular weight excluding hydrogens is 370 g/mol. The number of thioether (sulfide) groups is 1. The zero-order valence-corrected chi connectivity index (χ0v) is 18.0. The van der Waals surface area contributed by atoms with Crippen molar-refractivity contribution < 1.29 is 0 Å². The van der Waals surface area contributed by atoms with Crippen LogP contribution >= 0.6 is 11.8 Å². The maximum absolute atomic E-state index is 2.58. The van der Waals surface area contributed by atoms with Crippen LogP contribution in [0, 0.1) is 0 Å². The minimum atomic E-state index is 0.479. The standard InChI is InChI=1S/C27H27NS/c1-17(2)28-24-12-5-3-8-20(24)21-15-14-18(16-25(21)28)19-10-7-11-23-22-9-4-6-13-26(22)29-27(19)23/h3-4,7-11,14-17,22,26H,5-6,12-13H2,1-2H3. The first-order chi connectivity index (χ1) is 14.2. The van der Waals surface area contributed by atoms with Crippen molar-refractivity contribution in [1.82, 2.24) is 4.57 Å². The molecule has 2 heterocycles. The second kappa shape index (κ2) is 6.67. The molecule has 0 spiro atoms. The third-order valence-electron chi connectivity index (χ3n) is 6.84. The summed E-state index contributed by atoms with van der Waals surface area (Å²) in [6, 6.07) is 14.6. The molecule has 146 valence electrons. The van der Waals surface area contributed by atoms with Gasteiger partial charge in [0.05, 0.1) is 0 Å². The summed E-state index contributed by atoms with van der Waals surface area (Å²) >= 11 is 2.12. The van der Waals surface area contributed by atoms with E-state index in [1.165, 1.54) is 56.6 Å². The lowest BCUT2D eigenvalue weighted by atomic mass is 9.88. The molecule has 2 heteroatoms. The van der Waals surface area contributed by atoms with Crippen LogP contribution in [0.25, 0.3) is 28.1 Å². The molecule has 29 heavy (non-hydrogen) atoms. The zero-order chi connectivity index (χ0) is 19.5. The van der Waals surface area contributed by atoms with E-state index in [1.54, 1.807) is 0 Å². The SMILES string of the molecule is CC(C)n1c2c(c3ccc(-c4cccc5c4SC4CCC=CC54)cc31)C=CCC2. The van der Waals surface area contributed by atoms with Gasteiger partial charge in [-0.25, -0.2) is 0 Å². The van der Waals surface area contributed by atoms with Gasteiger partial charge in [0.1, 0.15) is 0 Å². The van der Waals surface area contributed by atoms with E-state index >= 15 is 0 Å². The molecule has 3 aromatic rings. The van der Waals surface area contributed by atoms with Crippen molar-refractivity contribution in [3.05, 3.63) is 71.4 Å². The van der Waals surface area contributed by atoms with Crippen LogP contribution in [0.3, 0.4) is 0 Å². The second-order valence-corrected chi connectivity index (χ2v) is 10.2. The van der Waals surface area contributed by atoms with E-state index in [9.17, 15) is 0 Å². The summed E-state index contributed by atoms with van der Waals surface area (Å²) in [7, 11) is 0. The number of hydrogen-bond donors (Lipinski definition) is 0. The van der Waals surface area contributed by atoms with Crippen molar-refractivity contribution in [3.63, 3.8) is 0 Å². The van der Waals surface area contributed by atoms with Crippen LogP contribution in [0.15, 0.2) is 59.5 Å². The molecule has 1 aliphatic heterocycles. The lowest BCUT2D eigenvalue weighted by Crippen LogP contribution is -2.10. The molecule has 0 saturated heterocycles. The Balaban J connectivity index is 1.54. The third kappa shape index (κ3) is 2.61. The van der Waals surface area contributed by atoms with E-state index < -0.39 is 0 Å². The van der Waals surface area contributed by atoms with Gasteiger partial charge in [-0.15, -0.1) is 11.8 Å². The number of aromatic nitrogens is 1. The van der Waals surface area contributed by atoms with Crippen molar-refractivity contribution in [2.45, 2.75) is 61.6 Å². The Morgan fingerprint density at radius 1 is 1.07 bits per heavy atom. The van der Waals surface area contributed by atoms with Gasteiger partial charge >= 0.3 is 0 Å². The van der Waals surface area contributed by atoms with Gasteiger partial charge in [0.25, 0.3) is 0 Å². The molecule has 0 saturated carbocycles. The summed E-state index contributed by atoms with van der Waals surface area (Å²) < 4.78 is 2.58. The molecule has 1 aromatic heterocycles. The molecule has 2 atom stereocenters. The Morgan fingerprint density at radius 2 is 2.00 bits per heavy atom. The van der Waals surface area contributed by atoms with Crippen molar-refractivity contribution in [2.75, 3.05) is 0 Å². The van der Waals surface area contributed by atoms with E-state index in [2.05, 4.69) is 90.9 Å². The smallest absolute Gasteiger partial charge is 0.0497 e. The van der Waals surface area contributed by atoms with E-state index in [-0.39, 0.29) is 0 Å². The molecule has 0 N–H and O–H groups in total. The van der Waals surface area contributed by atoms with Crippen LogP contribution in [-0.2, 0) is 6.42 Å². The summed E-state index contributed by atoms with van der Waals surface area (Å²) in [5.41, 5.74) is 8.67. The van der Waals surface area contributed by atoms with Gasteiger partial charge in [-0.3, -0.25) is 0 Å². The molecule has 0 amide bonds. The fourth-order valence-electron chi connectivity index (χ4n) is 5.58. The topological polar surface area (TPSA) is 4.93 Å². The van der Waals surface area contributed by atoms with Crippen LogP contribution in [-0.4, -0.2) is 9.82 Å². The van der Waals surface area contributed by atoms with E-state index in [0.717, 1.165) is 18.1 Å². The van der Waals surface area contributed by atoms with E-state index in [4.69, 9.17) is 0 Å². The third-order valence-corrected chi connectivity index (χ3v) is 8.37. The molecule has 0 fully saturated rings. The quantitative estimate of drug-likeness (QED) is 0.400. The molecule has 2 aliphatic carbocycles. The summed E-state index contributed by atoms with van der Waals surface area (Å²) in [5, 5.41) is 2.13. The number of allylic oxidation sites excluding steroid dienone is 3. The molecule has 3 aliphatic rings. The Morgan fingerprint density at radius 3 is 2.90 bits per heavy atom. The highest BCUT2D eigenvalue weighted by Crippen LogP contribution is 2.53. The summed E-state index contributed by atoms with van der Waals surface area (Å²) in [4.78, 5) is 1.51. The van der Waals surface area contributed by atoms with Crippen LogP contribution in [0.2, 0.25) is 0 Å². The Hall–Kier alpha value is -2.19. The summed E-state index contributed by atoms with van der Waals surface area (Å²) in [6.45, 7) is 4.63. The predicted molar refractivity (Wildman–Crippen MR) is 126 cm³/mol. The van der Waals surface area contributed by atoms with Crippen LogP contribution in [0.4, 0.5) is 0 Å². The van der Waals surface area contributed by atoms with Crippen LogP contribution < -0.4 is 0 Å². The molecule has 2 unspecified atom stereocenters. The zero-order valence-electron chi connectivity index (χ0n) is 17.2. The van der Waals surface area contributed by atoms with Crippen molar-refractivity contribution in [1.29, 1.82) is 0 Å². The molecule has 6 rings (SSSR count). The van der Waals surface area contributed by atoms with Gasteiger partial charge in [0.2, 0.25) is 0 Å². The highest BCUT2D eigenvalue weighted by Gasteiger charge is 2.34. The Labute approximate surface area is 177 Å². The monoisotopic (exact) mass is 397 g/mol. The van der Waals surface area contributed by atoms with Crippen molar-refractivity contribution in [3.8, 4) is 11.1 Å². The Bertz CT molecular complexity index is 1180. The molecular formula is C27H27NS. The fourth-order valence-corrected chi connectivity index (χ4v) is 7.17. The first-order valence-electron chi connectivity index (χ1n) is 11.0. The maximum atomic E-state index is 2.58. The molecule has 2 aromatic carbocycles. The minimum absolute atomic E-state index is 0.479. The molecule has 0 radical (unpaired) electrons. The first kappa shape index (κ1) is 17.7. The van der Waals surface area contributed by atoms with Gasteiger partial charge < -0.3 is 4.57 Å². The minimum Gasteiger partial charge on any atom is -0.341 e. The Kier molecular flexibility index (Phi) is 4.06. The lowest BCUT2D eigenvalue weighted by molar-refractivity contribution is 0.592. The predicted octanol–water partition coefficient (Wildman–Crippen LogP) is 7.76. The average Bonchev–Trinajstić information content (AvgIpc) is 3.29. The number of hydrogen-bond acceptors (Lipinski definition) is 1. The average molecular weight is 398 g/mol. The van der Waals surface area contributed by atoms with Crippen LogP contribution in [0.5, 0.6) is 0 Å². The molecule has 1 nitrogen and oxygen atoms in total. The van der Waals surface area contributed by atoms with Gasteiger partial charge in [0, 0.05) is 44.3 Å². The summed E-state index contributed by atoms with van der Waals surface area (Å²) in [6.07, 6.45) is 14.3. The van der Waals surface area contributed by atoms with E-state index in [0.29, 0.717) is 12.0 Å². The highest BCUT2D eigenvalue weighted by molar-refractivity contribution is 8.00. The van der Waals surface area contributed by atoms with Crippen molar-refractivity contribution in [2.24, 2.45) is 0 Å². The number of fused-ring (bicyclic) bond motifs is 6. The maximum Gasteiger partial charge on any atom is 0.0497 e. The highest BCUT2D eigenvalue weighted by atomic mass is 32.2. The van der Waals surface area contributed by atoms with Crippen molar-refractivity contribution >= 4 is 28.7 Å². The first-order valence-corrected chi connectivity index (χ1v) is 11.9. The normalized spacial score (nSPS) is 22.2. The second-order valence-electron chi connectivity index (χ2n) is 8.91. The summed E-state index contributed by atoms with van der Waals surface area (Å²) in [5.74, 6) is 0.601. The van der Waals surface area contributed by atoms with Gasteiger partial charge in [-0.2, -0.15) is 0 Å².